The highest BCUT2D eigenvalue weighted by atomic mass is 16.2. The van der Waals surface area contributed by atoms with Gasteiger partial charge in [-0.3, -0.25) is 9.59 Å². The van der Waals surface area contributed by atoms with Crippen molar-refractivity contribution in [2.24, 2.45) is 17.8 Å². The third-order valence-electron chi connectivity index (χ3n) is 6.25. The number of amides is 1. The summed E-state index contributed by atoms with van der Waals surface area (Å²) in [6, 6.07) is 1.55. The molecule has 4 fully saturated rings. The van der Waals surface area contributed by atoms with Gasteiger partial charge in [0.15, 0.2) is 5.43 Å². The molecule has 1 heterocycles. The number of hydrogen-bond acceptors (Lipinski definition) is 2. The number of carbonyl (C=O) groups excluding carboxylic acids is 1. The van der Waals surface area contributed by atoms with Crippen LogP contribution in [0.4, 0.5) is 0 Å². The summed E-state index contributed by atoms with van der Waals surface area (Å²) < 4.78 is 1.84. The van der Waals surface area contributed by atoms with Crippen molar-refractivity contribution in [3.63, 3.8) is 0 Å². The molecule has 0 atom stereocenters. The minimum atomic E-state index is -0.194. The van der Waals surface area contributed by atoms with Crippen LogP contribution in [0.2, 0.25) is 0 Å². The molecular formula is C20H26N2O2. The van der Waals surface area contributed by atoms with Crippen molar-refractivity contribution in [1.29, 1.82) is 0 Å². The van der Waals surface area contributed by atoms with Crippen LogP contribution in [-0.4, -0.2) is 16.0 Å². The third-order valence-corrected chi connectivity index (χ3v) is 6.25. The number of carbonyl (C=O) groups is 1. The van der Waals surface area contributed by atoms with E-state index in [0.29, 0.717) is 0 Å². The molecule has 128 valence electrons. The summed E-state index contributed by atoms with van der Waals surface area (Å²) in [6.07, 6.45) is 12.8. The monoisotopic (exact) mass is 326 g/mol. The Hall–Kier alpha value is -1.84. The van der Waals surface area contributed by atoms with E-state index in [1.807, 2.05) is 30.7 Å². The van der Waals surface area contributed by atoms with Crippen LogP contribution in [-0.2, 0) is 0 Å². The highest BCUT2D eigenvalue weighted by molar-refractivity contribution is 5.94. The fourth-order valence-corrected chi connectivity index (χ4v) is 5.71. The predicted octanol–water partition coefficient (Wildman–Crippen LogP) is 3.35. The molecule has 0 unspecified atom stereocenters. The second-order valence-electron chi connectivity index (χ2n) is 8.23. The van der Waals surface area contributed by atoms with E-state index in [0.717, 1.165) is 42.7 Å². The topological polar surface area (TPSA) is 51.1 Å². The molecule has 0 spiro atoms. The zero-order valence-electron chi connectivity index (χ0n) is 14.5. The number of nitrogens with zero attached hydrogens (tertiary/aromatic N) is 1. The zero-order chi connectivity index (χ0) is 16.9. The molecule has 4 bridgehead atoms. The van der Waals surface area contributed by atoms with Crippen LogP contribution in [0.5, 0.6) is 0 Å². The Morgan fingerprint density at radius 1 is 1.21 bits per heavy atom. The Morgan fingerprint density at radius 3 is 2.33 bits per heavy atom. The first-order chi connectivity index (χ1) is 11.5. The Labute approximate surface area is 143 Å². The molecule has 1 aromatic heterocycles. The summed E-state index contributed by atoms with van der Waals surface area (Å²) >= 11 is 0. The molecule has 0 aliphatic heterocycles. The van der Waals surface area contributed by atoms with Gasteiger partial charge in [0, 0.05) is 29.7 Å². The van der Waals surface area contributed by atoms with E-state index < -0.39 is 0 Å². The second kappa shape index (κ2) is 5.61. The third kappa shape index (κ3) is 2.62. The van der Waals surface area contributed by atoms with E-state index in [-0.39, 0.29) is 22.4 Å². The normalized spacial score (nSPS) is 34.0. The maximum Gasteiger partial charge on any atom is 0.257 e. The average molecular weight is 326 g/mol. The number of aryl methyl sites for hydroxylation is 1. The Balaban J connectivity index is 1.61. The van der Waals surface area contributed by atoms with Crippen LogP contribution in [0.3, 0.4) is 0 Å². The number of nitrogens with one attached hydrogen (secondary N) is 1. The smallest absolute Gasteiger partial charge is 0.257 e. The molecule has 4 saturated carbocycles. The number of rotatable bonds is 3. The van der Waals surface area contributed by atoms with Gasteiger partial charge in [-0.05, 0) is 70.1 Å². The molecule has 0 saturated heterocycles. The van der Waals surface area contributed by atoms with Crippen molar-refractivity contribution >= 4 is 12.1 Å². The summed E-state index contributed by atoms with van der Waals surface area (Å²) in [4.78, 5) is 25.2. The first-order valence-electron chi connectivity index (χ1n) is 9.16. The van der Waals surface area contributed by atoms with Gasteiger partial charge in [0.2, 0.25) is 0 Å². The lowest BCUT2D eigenvalue weighted by Crippen LogP contribution is -2.60. The lowest BCUT2D eigenvalue weighted by atomic mass is 9.53. The highest BCUT2D eigenvalue weighted by Gasteiger charge is 2.51. The van der Waals surface area contributed by atoms with Gasteiger partial charge in [0.25, 0.3) is 5.91 Å². The SMILES string of the molecule is C/C=C\n1cc(C(=O)NC23CC4CC(CC(C4)C2)C3)c(=O)cc1C. The molecule has 4 aliphatic rings. The van der Waals surface area contributed by atoms with Crippen molar-refractivity contribution in [3.8, 4) is 0 Å². The molecule has 4 heteroatoms. The minimum Gasteiger partial charge on any atom is -0.346 e. The molecule has 0 radical (unpaired) electrons. The Kier molecular flexibility index (Phi) is 3.66. The van der Waals surface area contributed by atoms with Gasteiger partial charge < -0.3 is 9.88 Å². The van der Waals surface area contributed by atoms with E-state index in [4.69, 9.17) is 0 Å². The lowest BCUT2D eigenvalue weighted by Gasteiger charge is -2.56. The fraction of sp³-hybridized carbons (Fsp3) is 0.600. The van der Waals surface area contributed by atoms with E-state index in [9.17, 15) is 9.59 Å². The maximum absolute atomic E-state index is 12.9. The van der Waals surface area contributed by atoms with E-state index in [2.05, 4.69) is 5.32 Å². The number of pyridine rings is 1. The largest absolute Gasteiger partial charge is 0.346 e. The number of aromatic nitrogens is 1. The quantitative estimate of drug-likeness (QED) is 0.926. The summed E-state index contributed by atoms with van der Waals surface area (Å²) in [5.41, 5.74) is 0.851. The molecule has 1 amide bonds. The van der Waals surface area contributed by atoms with Gasteiger partial charge >= 0.3 is 0 Å². The minimum absolute atomic E-state index is 0.0609. The highest BCUT2D eigenvalue weighted by Crippen LogP contribution is 2.55. The molecule has 24 heavy (non-hydrogen) atoms. The molecular weight excluding hydrogens is 300 g/mol. The Bertz CT molecular complexity index is 724. The number of hydrogen-bond donors (Lipinski definition) is 1. The fourth-order valence-electron chi connectivity index (χ4n) is 5.71. The standard InChI is InChI=1S/C20H26N2O2/c1-3-4-22-12-17(18(23)5-13(22)2)19(24)21-20-9-14-6-15(10-20)8-16(7-14)11-20/h3-5,12,14-16H,6-11H2,1-2H3,(H,21,24)/b4-3-. The first kappa shape index (κ1) is 15.7. The lowest BCUT2D eigenvalue weighted by molar-refractivity contribution is -0.0167. The molecule has 1 N–H and O–H groups in total. The van der Waals surface area contributed by atoms with Crippen molar-refractivity contribution in [3.05, 3.63) is 39.8 Å². The molecule has 5 rings (SSSR count). The predicted molar refractivity (Wildman–Crippen MR) is 94.8 cm³/mol. The van der Waals surface area contributed by atoms with Gasteiger partial charge in [0.05, 0.1) is 0 Å². The summed E-state index contributed by atoms with van der Waals surface area (Å²) in [7, 11) is 0. The van der Waals surface area contributed by atoms with E-state index >= 15 is 0 Å². The van der Waals surface area contributed by atoms with Crippen LogP contribution < -0.4 is 10.7 Å². The van der Waals surface area contributed by atoms with Crippen molar-refractivity contribution in [2.45, 2.75) is 57.9 Å². The zero-order valence-corrected chi connectivity index (χ0v) is 14.5. The first-order valence-corrected chi connectivity index (χ1v) is 9.16. The van der Waals surface area contributed by atoms with E-state index in [1.165, 1.54) is 19.3 Å². The maximum atomic E-state index is 12.9. The number of allylic oxidation sites excluding steroid dienone is 1. The second-order valence-corrected chi connectivity index (χ2v) is 8.23. The van der Waals surface area contributed by atoms with Crippen LogP contribution in [0.1, 0.15) is 61.5 Å². The van der Waals surface area contributed by atoms with Gasteiger partial charge in [-0.2, -0.15) is 0 Å². The molecule has 4 aliphatic carbocycles. The van der Waals surface area contributed by atoms with Crippen molar-refractivity contribution in [2.75, 3.05) is 0 Å². The molecule has 4 nitrogen and oxygen atoms in total. The molecule has 1 aromatic rings. The van der Waals surface area contributed by atoms with Gasteiger partial charge in [-0.25, -0.2) is 0 Å². The Morgan fingerprint density at radius 2 is 1.79 bits per heavy atom. The summed E-state index contributed by atoms with van der Waals surface area (Å²) in [5, 5.41) is 3.29. The van der Waals surface area contributed by atoms with Gasteiger partial charge in [-0.1, -0.05) is 6.08 Å². The van der Waals surface area contributed by atoms with Crippen LogP contribution in [0.15, 0.2) is 23.1 Å². The van der Waals surface area contributed by atoms with Crippen LogP contribution in [0, 0.1) is 24.7 Å². The van der Waals surface area contributed by atoms with Gasteiger partial charge in [0.1, 0.15) is 5.56 Å². The van der Waals surface area contributed by atoms with Crippen LogP contribution in [0.25, 0.3) is 6.20 Å². The van der Waals surface area contributed by atoms with E-state index in [1.54, 1.807) is 12.3 Å². The van der Waals surface area contributed by atoms with Crippen LogP contribution >= 0.6 is 0 Å². The summed E-state index contributed by atoms with van der Waals surface area (Å²) in [5.74, 6) is 2.12. The van der Waals surface area contributed by atoms with Crippen molar-refractivity contribution < 1.29 is 4.79 Å². The van der Waals surface area contributed by atoms with Gasteiger partial charge in [-0.15, -0.1) is 0 Å². The average Bonchev–Trinajstić information content (AvgIpc) is 2.48. The summed E-state index contributed by atoms with van der Waals surface area (Å²) in [6.45, 7) is 3.80. The van der Waals surface area contributed by atoms with Crippen molar-refractivity contribution in [1.82, 2.24) is 9.88 Å². The molecule has 0 aromatic carbocycles.